The summed E-state index contributed by atoms with van der Waals surface area (Å²) in [6, 6.07) is 13.5. The molecule has 0 radical (unpaired) electrons. The van der Waals surface area contributed by atoms with Gasteiger partial charge in [0.1, 0.15) is 11.8 Å². The van der Waals surface area contributed by atoms with Crippen molar-refractivity contribution >= 4 is 28.5 Å². The van der Waals surface area contributed by atoms with Crippen LogP contribution in [0.1, 0.15) is 28.4 Å². The van der Waals surface area contributed by atoms with Crippen LogP contribution >= 0.6 is 11.6 Å². The molecule has 6 heteroatoms. The summed E-state index contributed by atoms with van der Waals surface area (Å²) in [6.45, 7) is 0. The van der Waals surface area contributed by atoms with Crippen molar-refractivity contribution in [2.24, 2.45) is 0 Å². The molecule has 0 unspecified atom stereocenters. The minimum atomic E-state index is -0.409. The van der Waals surface area contributed by atoms with E-state index in [0.29, 0.717) is 12.3 Å². The number of fused-ring (bicyclic) bond motifs is 3. The zero-order valence-corrected chi connectivity index (χ0v) is 16.0. The molecule has 0 saturated heterocycles. The monoisotopic (exact) mass is 384 g/mol. The maximum Gasteiger partial charge on any atom is 0.323 e. The van der Waals surface area contributed by atoms with Crippen molar-refractivity contribution in [2.45, 2.75) is 24.4 Å². The molecule has 4 rings (SSSR count). The van der Waals surface area contributed by atoms with Gasteiger partial charge in [0.15, 0.2) is 0 Å². The van der Waals surface area contributed by atoms with Gasteiger partial charge in [-0.1, -0.05) is 24.3 Å². The number of benzene rings is 2. The lowest BCUT2D eigenvalue weighted by atomic mass is 9.89. The zero-order chi connectivity index (χ0) is 19.0. The molecule has 3 aromatic rings. The largest absolute Gasteiger partial charge is 0.496 e. The summed E-state index contributed by atoms with van der Waals surface area (Å²) in [6.07, 6.45) is 0.584. The first-order valence-electron chi connectivity index (χ1n) is 8.82. The number of aromatic amines is 1. The number of H-pyrrole nitrogens is 1. The molecule has 0 amide bonds. The molecule has 0 spiro atoms. The molecular weight excluding hydrogens is 364 g/mol. The Hall–Kier alpha value is -2.50. The average Bonchev–Trinajstić information content (AvgIpc) is 3.10. The highest BCUT2D eigenvalue weighted by Crippen LogP contribution is 2.36. The van der Waals surface area contributed by atoms with Crippen molar-refractivity contribution in [1.29, 1.82) is 0 Å². The topological polar surface area (TPSA) is 63.4 Å². The first kappa shape index (κ1) is 17.9. The smallest absolute Gasteiger partial charge is 0.323 e. The molecule has 2 N–H and O–H groups in total. The second-order valence-electron chi connectivity index (χ2n) is 6.65. The van der Waals surface area contributed by atoms with E-state index < -0.39 is 6.04 Å². The third-order valence-electron chi connectivity index (χ3n) is 5.18. The van der Waals surface area contributed by atoms with Crippen LogP contribution in [0.5, 0.6) is 5.75 Å². The van der Waals surface area contributed by atoms with Gasteiger partial charge >= 0.3 is 5.97 Å². The van der Waals surface area contributed by atoms with E-state index in [0.717, 1.165) is 39.0 Å². The number of hydrogen-bond donors (Lipinski definition) is 2. The Kier molecular flexibility index (Phi) is 4.81. The second kappa shape index (κ2) is 7.25. The summed E-state index contributed by atoms with van der Waals surface area (Å²) >= 11 is 6.11. The van der Waals surface area contributed by atoms with Crippen LogP contribution in [0.15, 0.2) is 42.5 Å². The number of nitrogens with one attached hydrogen (secondary N) is 2. The molecule has 0 bridgehead atoms. The van der Waals surface area contributed by atoms with Gasteiger partial charge in [0.25, 0.3) is 0 Å². The Labute approximate surface area is 162 Å². The van der Waals surface area contributed by atoms with Crippen LogP contribution < -0.4 is 10.1 Å². The number of rotatable bonds is 4. The van der Waals surface area contributed by atoms with E-state index in [4.69, 9.17) is 21.1 Å². The Morgan fingerprint density at radius 1 is 1.22 bits per heavy atom. The van der Waals surface area contributed by atoms with Gasteiger partial charge in [-0.05, 0) is 29.3 Å². The van der Waals surface area contributed by atoms with Crippen LogP contribution in [-0.2, 0) is 21.8 Å². The number of carbonyl (C=O) groups excluding carboxylic acids is 1. The van der Waals surface area contributed by atoms with Crippen LogP contribution in [0.25, 0.3) is 10.9 Å². The molecule has 2 heterocycles. The number of carbonyl (C=O) groups is 1. The van der Waals surface area contributed by atoms with E-state index in [1.807, 2.05) is 30.3 Å². The minimum absolute atomic E-state index is 0.168. The van der Waals surface area contributed by atoms with Gasteiger partial charge in [0.2, 0.25) is 0 Å². The molecule has 140 valence electrons. The van der Waals surface area contributed by atoms with Crippen LogP contribution in [0.3, 0.4) is 0 Å². The molecule has 0 fully saturated rings. The SMILES string of the molecule is COC(=O)[C@H]1Cc2c([nH]c3ccccc23)[C@@H](c2ccc(OC)c(CCl)c2)N1. The zero-order valence-electron chi connectivity index (χ0n) is 15.2. The summed E-state index contributed by atoms with van der Waals surface area (Å²) in [4.78, 5) is 15.8. The lowest BCUT2D eigenvalue weighted by Gasteiger charge is -2.30. The molecule has 2 aromatic carbocycles. The maximum atomic E-state index is 12.3. The van der Waals surface area contributed by atoms with Crippen LogP contribution in [-0.4, -0.2) is 31.2 Å². The summed E-state index contributed by atoms with van der Waals surface area (Å²) in [5, 5.41) is 4.57. The van der Waals surface area contributed by atoms with E-state index >= 15 is 0 Å². The normalized spacial score (nSPS) is 18.9. The fourth-order valence-corrected chi connectivity index (χ4v) is 4.08. The molecule has 1 aliphatic heterocycles. The number of esters is 1. The van der Waals surface area contributed by atoms with E-state index in [-0.39, 0.29) is 12.0 Å². The molecule has 1 aromatic heterocycles. The van der Waals surface area contributed by atoms with E-state index in [2.05, 4.69) is 22.4 Å². The van der Waals surface area contributed by atoms with Crippen molar-refractivity contribution in [1.82, 2.24) is 10.3 Å². The molecule has 0 aliphatic carbocycles. The fraction of sp³-hybridized carbons (Fsp3) is 0.286. The number of para-hydroxylation sites is 1. The number of ether oxygens (including phenoxy) is 2. The number of methoxy groups -OCH3 is 2. The molecule has 5 nitrogen and oxygen atoms in total. The lowest BCUT2D eigenvalue weighted by molar-refractivity contribution is -0.143. The first-order chi connectivity index (χ1) is 13.2. The van der Waals surface area contributed by atoms with Gasteiger partial charge in [-0.3, -0.25) is 10.1 Å². The molecular formula is C21H21ClN2O3. The van der Waals surface area contributed by atoms with Gasteiger partial charge < -0.3 is 14.5 Å². The summed E-state index contributed by atoms with van der Waals surface area (Å²) in [5.41, 5.74) is 5.21. The average molecular weight is 385 g/mol. The highest BCUT2D eigenvalue weighted by molar-refractivity contribution is 6.17. The Bertz CT molecular complexity index is 998. The summed E-state index contributed by atoms with van der Waals surface area (Å²) in [5.74, 6) is 0.844. The van der Waals surface area contributed by atoms with Gasteiger partial charge in [-0.15, -0.1) is 11.6 Å². The third-order valence-corrected chi connectivity index (χ3v) is 5.47. The van der Waals surface area contributed by atoms with Crippen molar-refractivity contribution in [3.63, 3.8) is 0 Å². The molecule has 27 heavy (non-hydrogen) atoms. The van der Waals surface area contributed by atoms with E-state index in [9.17, 15) is 4.79 Å². The maximum absolute atomic E-state index is 12.3. The predicted molar refractivity (Wildman–Crippen MR) is 105 cm³/mol. The Morgan fingerprint density at radius 3 is 2.78 bits per heavy atom. The van der Waals surface area contributed by atoms with Crippen LogP contribution in [0.4, 0.5) is 0 Å². The fourth-order valence-electron chi connectivity index (χ4n) is 3.87. The molecule has 0 saturated carbocycles. The van der Waals surface area contributed by atoms with E-state index in [1.165, 1.54) is 7.11 Å². The van der Waals surface area contributed by atoms with E-state index in [1.54, 1.807) is 7.11 Å². The highest BCUT2D eigenvalue weighted by atomic mass is 35.5. The minimum Gasteiger partial charge on any atom is -0.496 e. The quantitative estimate of drug-likeness (QED) is 0.532. The van der Waals surface area contributed by atoms with Crippen LogP contribution in [0.2, 0.25) is 0 Å². The number of hydrogen-bond acceptors (Lipinski definition) is 4. The Morgan fingerprint density at radius 2 is 2.04 bits per heavy atom. The van der Waals surface area contributed by atoms with Gasteiger partial charge in [-0.2, -0.15) is 0 Å². The van der Waals surface area contributed by atoms with Gasteiger partial charge in [0.05, 0.1) is 26.1 Å². The number of halogens is 1. The molecule has 2 atom stereocenters. The predicted octanol–water partition coefficient (Wildman–Crippen LogP) is 3.69. The van der Waals surface area contributed by atoms with Crippen LogP contribution in [0, 0.1) is 0 Å². The summed E-state index contributed by atoms with van der Waals surface area (Å²) in [7, 11) is 3.05. The van der Waals surface area contributed by atoms with Crippen molar-refractivity contribution in [3.05, 3.63) is 64.8 Å². The van der Waals surface area contributed by atoms with Gasteiger partial charge in [0, 0.05) is 28.6 Å². The highest BCUT2D eigenvalue weighted by Gasteiger charge is 2.34. The van der Waals surface area contributed by atoms with Crippen molar-refractivity contribution in [3.8, 4) is 5.75 Å². The standard InChI is InChI=1S/C21H21ClN2O3/c1-26-18-8-7-12(9-13(18)11-22)19-20-15(10-17(24-19)21(25)27-2)14-5-3-4-6-16(14)23-20/h3-9,17,19,23-24H,10-11H2,1-2H3/t17-,19-/m1/s1. The van der Waals surface area contributed by atoms with Crippen molar-refractivity contribution in [2.75, 3.05) is 14.2 Å². The first-order valence-corrected chi connectivity index (χ1v) is 9.35. The Balaban J connectivity index is 1.86. The third kappa shape index (κ3) is 3.07. The molecule has 1 aliphatic rings. The van der Waals surface area contributed by atoms with Gasteiger partial charge in [-0.25, -0.2) is 0 Å². The lowest BCUT2D eigenvalue weighted by Crippen LogP contribution is -2.45. The second-order valence-corrected chi connectivity index (χ2v) is 6.91. The number of aromatic nitrogens is 1. The summed E-state index contributed by atoms with van der Waals surface area (Å²) < 4.78 is 10.4. The number of alkyl halides is 1. The van der Waals surface area contributed by atoms with Crippen molar-refractivity contribution < 1.29 is 14.3 Å².